The third-order valence-corrected chi connectivity index (χ3v) is 2.90. The van der Waals surface area contributed by atoms with E-state index in [1.807, 2.05) is 12.1 Å². The second kappa shape index (κ2) is 4.07. The van der Waals surface area contributed by atoms with Crippen molar-refractivity contribution in [2.45, 2.75) is 33.4 Å². The van der Waals surface area contributed by atoms with Crippen molar-refractivity contribution in [3.05, 3.63) is 35.5 Å². The fourth-order valence-electron chi connectivity index (χ4n) is 2.15. The van der Waals surface area contributed by atoms with E-state index in [2.05, 4.69) is 30.5 Å². The molecule has 0 unspecified atom stereocenters. The average molecular weight is 202 g/mol. The van der Waals surface area contributed by atoms with Gasteiger partial charge in [-0.1, -0.05) is 13.0 Å². The van der Waals surface area contributed by atoms with Gasteiger partial charge in [0.1, 0.15) is 0 Å². The Labute approximate surface area is 90.2 Å². The molecule has 1 N–H and O–H groups in total. The standard InChI is InChI=1S/C13H16NO/c1-3-8-14-10(2)12(9-15)11-6-4-5-7-13(11)14/h5-7,15H,3,8-9H2,1-2H3. The van der Waals surface area contributed by atoms with Crippen molar-refractivity contribution in [1.29, 1.82) is 0 Å². The minimum atomic E-state index is 0.108. The monoisotopic (exact) mass is 202 g/mol. The highest BCUT2D eigenvalue weighted by molar-refractivity contribution is 5.85. The maximum atomic E-state index is 9.37. The van der Waals surface area contributed by atoms with Crippen molar-refractivity contribution in [2.75, 3.05) is 0 Å². The molecule has 2 heteroatoms. The van der Waals surface area contributed by atoms with Gasteiger partial charge in [0.25, 0.3) is 0 Å². The van der Waals surface area contributed by atoms with E-state index in [4.69, 9.17) is 0 Å². The number of hydrogen-bond donors (Lipinski definition) is 1. The van der Waals surface area contributed by atoms with Gasteiger partial charge in [0, 0.05) is 28.7 Å². The molecular formula is C13H16NO. The van der Waals surface area contributed by atoms with Crippen LogP contribution in [0.3, 0.4) is 0 Å². The predicted octanol–water partition coefficient (Wildman–Crippen LogP) is 2.65. The Hall–Kier alpha value is -1.28. The molecule has 0 saturated heterocycles. The Balaban J connectivity index is 2.72. The zero-order valence-corrected chi connectivity index (χ0v) is 9.25. The Morgan fingerprint density at radius 1 is 1.47 bits per heavy atom. The zero-order valence-electron chi connectivity index (χ0n) is 9.25. The molecule has 0 spiro atoms. The molecule has 1 aromatic heterocycles. The predicted molar refractivity (Wildman–Crippen MR) is 61.7 cm³/mol. The highest BCUT2D eigenvalue weighted by atomic mass is 16.3. The van der Waals surface area contributed by atoms with Crippen LogP contribution in [0.5, 0.6) is 0 Å². The number of benzene rings is 1. The van der Waals surface area contributed by atoms with Crippen LogP contribution in [-0.4, -0.2) is 9.67 Å². The molecule has 2 aromatic rings. The lowest BCUT2D eigenvalue weighted by Gasteiger charge is -2.05. The van der Waals surface area contributed by atoms with Gasteiger partial charge in [0.05, 0.1) is 6.61 Å². The number of aryl methyl sites for hydroxylation is 1. The summed E-state index contributed by atoms with van der Waals surface area (Å²) in [5.41, 5.74) is 3.42. The van der Waals surface area contributed by atoms with Crippen molar-refractivity contribution in [3.63, 3.8) is 0 Å². The van der Waals surface area contributed by atoms with Crippen molar-refractivity contribution in [3.8, 4) is 0 Å². The molecule has 0 aliphatic heterocycles. The minimum absolute atomic E-state index is 0.108. The van der Waals surface area contributed by atoms with Crippen LogP contribution in [0.15, 0.2) is 18.2 Å². The summed E-state index contributed by atoms with van der Waals surface area (Å²) in [6.45, 7) is 5.35. The number of aliphatic hydroxyl groups is 1. The van der Waals surface area contributed by atoms with Gasteiger partial charge in [0.2, 0.25) is 0 Å². The third kappa shape index (κ3) is 1.55. The third-order valence-electron chi connectivity index (χ3n) is 2.90. The summed E-state index contributed by atoms with van der Waals surface area (Å²) >= 11 is 0. The number of nitrogens with zero attached hydrogens (tertiary/aromatic N) is 1. The maximum Gasteiger partial charge on any atom is 0.0705 e. The first-order chi connectivity index (χ1) is 7.29. The molecule has 0 saturated carbocycles. The second-order valence-electron chi connectivity index (χ2n) is 3.82. The SMILES string of the molecule is CCCn1c(C)c(CO)c2c[c]ccc21. The summed E-state index contributed by atoms with van der Waals surface area (Å²) in [6.07, 6.45) is 1.11. The molecule has 0 fully saturated rings. The number of hydrogen-bond acceptors (Lipinski definition) is 1. The van der Waals surface area contributed by atoms with Crippen LogP contribution in [-0.2, 0) is 13.2 Å². The van der Waals surface area contributed by atoms with Crippen molar-refractivity contribution in [1.82, 2.24) is 4.57 Å². The number of fused-ring (bicyclic) bond motifs is 1. The molecule has 1 aromatic carbocycles. The van der Waals surface area contributed by atoms with E-state index in [1.165, 1.54) is 11.2 Å². The minimum Gasteiger partial charge on any atom is -0.392 e. The molecule has 1 radical (unpaired) electrons. The van der Waals surface area contributed by atoms with E-state index >= 15 is 0 Å². The van der Waals surface area contributed by atoms with Gasteiger partial charge in [0.15, 0.2) is 0 Å². The lowest BCUT2D eigenvalue weighted by atomic mass is 10.1. The molecule has 0 amide bonds. The number of rotatable bonds is 3. The first-order valence-corrected chi connectivity index (χ1v) is 5.38. The molecule has 0 bridgehead atoms. The highest BCUT2D eigenvalue weighted by Crippen LogP contribution is 2.25. The smallest absolute Gasteiger partial charge is 0.0705 e. The number of aliphatic hydroxyl groups excluding tert-OH is 1. The van der Waals surface area contributed by atoms with Gasteiger partial charge in [-0.05, 0) is 31.5 Å². The molecule has 2 rings (SSSR count). The van der Waals surface area contributed by atoms with Crippen LogP contribution < -0.4 is 0 Å². The van der Waals surface area contributed by atoms with Crippen LogP contribution in [0.4, 0.5) is 0 Å². The molecule has 79 valence electrons. The van der Waals surface area contributed by atoms with Crippen LogP contribution in [0.1, 0.15) is 24.6 Å². The van der Waals surface area contributed by atoms with E-state index in [0.717, 1.165) is 23.9 Å². The second-order valence-corrected chi connectivity index (χ2v) is 3.82. The first-order valence-electron chi connectivity index (χ1n) is 5.38. The molecular weight excluding hydrogens is 186 g/mol. The van der Waals surface area contributed by atoms with Gasteiger partial charge in [-0.3, -0.25) is 0 Å². The van der Waals surface area contributed by atoms with Crippen molar-refractivity contribution >= 4 is 10.9 Å². The van der Waals surface area contributed by atoms with Gasteiger partial charge in [-0.25, -0.2) is 0 Å². The molecule has 0 aliphatic carbocycles. The van der Waals surface area contributed by atoms with Crippen LogP contribution in [0.2, 0.25) is 0 Å². The fraction of sp³-hybridized carbons (Fsp3) is 0.385. The molecule has 15 heavy (non-hydrogen) atoms. The normalized spacial score (nSPS) is 11.1. The molecule has 2 nitrogen and oxygen atoms in total. The van der Waals surface area contributed by atoms with Gasteiger partial charge in [-0.2, -0.15) is 0 Å². The maximum absolute atomic E-state index is 9.37. The van der Waals surface area contributed by atoms with Crippen LogP contribution in [0.25, 0.3) is 10.9 Å². The van der Waals surface area contributed by atoms with Crippen molar-refractivity contribution < 1.29 is 5.11 Å². The van der Waals surface area contributed by atoms with Crippen LogP contribution in [0, 0.1) is 13.0 Å². The largest absolute Gasteiger partial charge is 0.392 e. The molecule has 1 heterocycles. The summed E-state index contributed by atoms with van der Waals surface area (Å²) in [7, 11) is 0. The van der Waals surface area contributed by atoms with E-state index < -0.39 is 0 Å². The lowest BCUT2D eigenvalue weighted by molar-refractivity contribution is 0.282. The van der Waals surface area contributed by atoms with Crippen molar-refractivity contribution in [2.24, 2.45) is 0 Å². The van der Waals surface area contributed by atoms with Crippen LogP contribution >= 0.6 is 0 Å². The van der Waals surface area contributed by atoms with E-state index in [9.17, 15) is 5.11 Å². The fourth-order valence-corrected chi connectivity index (χ4v) is 2.15. The first kappa shape index (κ1) is 10.2. The summed E-state index contributed by atoms with van der Waals surface area (Å²) in [6, 6.07) is 9.02. The topological polar surface area (TPSA) is 25.2 Å². The molecule has 0 aliphatic rings. The Kier molecular flexibility index (Phi) is 2.78. The van der Waals surface area contributed by atoms with Gasteiger partial charge >= 0.3 is 0 Å². The summed E-state index contributed by atoms with van der Waals surface area (Å²) in [4.78, 5) is 0. The van der Waals surface area contributed by atoms with Gasteiger partial charge < -0.3 is 9.67 Å². The Morgan fingerprint density at radius 2 is 2.27 bits per heavy atom. The zero-order chi connectivity index (χ0) is 10.8. The Bertz CT molecular complexity index is 471. The average Bonchev–Trinajstić information content (AvgIpc) is 2.53. The Morgan fingerprint density at radius 3 is 2.93 bits per heavy atom. The highest BCUT2D eigenvalue weighted by Gasteiger charge is 2.11. The number of aromatic nitrogens is 1. The summed E-state index contributed by atoms with van der Waals surface area (Å²) < 4.78 is 2.27. The van der Waals surface area contributed by atoms with Gasteiger partial charge in [-0.15, -0.1) is 0 Å². The van der Waals surface area contributed by atoms with E-state index in [-0.39, 0.29) is 6.61 Å². The molecule has 0 atom stereocenters. The van der Waals surface area contributed by atoms with E-state index in [0.29, 0.717) is 0 Å². The lowest BCUT2D eigenvalue weighted by Crippen LogP contribution is -1.99. The summed E-state index contributed by atoms with van der Waals surface area (Å²) in [5, 5.41) is 10.5. The quantitative estimate of drug-likeness (QED) is 0.813. The summed E-state index contributed by atoms with van der Waals surface area (Å²) in [5.74, 6) is 0. The van der Waals surface area contributed by atoms with E-state index in [1.54, 1.807) is 0 Å².